The Hall–Kier alpha value is -0.980. The summed E-state index contributed by atoms with van der Waals surface area (Å²) in [7, 11) is 4.09. The molecule has 118 valence electrons. The first-order valence-electron chi connectivity index (χ1n) is 7.37. The van der Waals surface area contributed by atoms with Crippen LogP contribution in [0.3, 0.4) is 0 Å². The highest BCUT2D eigenvalue weighted by Crippen LogP contribution is 2.16. The van der Waals surface area contributed by atoms with Crippen molar-refractivity contribution in [2.45, 2.75) is 26.3 Å². The molecular weight excluding hydrogens is 375 g/mol. The van der Waals surface area contributed by atoms with Gasteiger partial charge in [-0.05, 0) is 36.5 Å². The predicted molar refractivity (Wildman–Crippen MR) is 101 cm³/mol. The molecule has 1 aliphatic rings. The third-order valence-corrected chi connectivity index (χ3v) is 3.83. The molecule has 1 unspecified atom stereocenters. The first kappa shape index (κ1) is 18.1. The second-order valence-corrected chi connectivity index (χ2v) is 5.93. The van der Waals surface area contributed by atoms with Crippen LogP contribution in [0.4, 0.5) is 5.69 Å². The number of nitrogens with zero attached hydrogens (tertiary/aromatic N) is 3. The van der Waals surface area contributed by atoms with Crippen molar-refractivity contribution in [2.75, 3.05) is 32.1 Å². The van der Waals surface area contributed by atoms with Gasteiger partial charge in [0.05, 0.1) is 6.54 Å². The number of guanidine groups is 1. The van der Waals surface area contributed by atoms with Crippen LogP contribution in [0.25, 0.3) is 0 Å². The van der Waals surface area contributed by atoms with Gasteiger partial charge >= 0.3 is 0 Å². The number of benzene rings is 1. The zero-order chi connectivity index (χ0) is 14.5. The summed E-state index contributed by atoms with van der Waals surface area (Å²) in [4.78, 5) is 8.87. The molecule has 0 aliphatic carbocycles. The quantitative estimate of drug-likeness (QED) is 0.481. The van der Waals surface area contributed by atoms with Crippen molar-refractivity contribution in [1.82, 2.24) is 4.90 Å². The molecular formula is C16H27IN4. The maximum absolute atomic E-state index is 6.12. The monoisotopic (exact) mass is 402 g/mol. The Morgan fingerprint density at radius 1 is 1.43 bits per heavy atom. The number of aliphatic imine (C=N–C) groups is 1. The number of nitrogens with two attached hydrogens (primary N) is 1. The highest BCUT2D eigenvalue weighted by atomic mass is 127. The second kappa shape index (κ2) is 8.46. The molecule has 1 aliphatic heterocycles. The van der Waals surface area contributed by atoms with Gasteiger partial charge < -0.3 is 15.5 Å². The maximum atomic E-state index is 6.12. The van der Waals surface area contributed by atoms with Crippen LogP contribution >= 0.6 is 24.0 Å². The Balaban J connectivity index is 0.00000220. The van der Waals surface area contributed by atoms with Crippen LogP contribution in [0.5, 0.6) is 0 Å². The highest BCUT2D eigenvalue weighted by molar-refractivity contribution is 14.0. The van der Waals surface area contributed by atoms with Gasteiger partial charge in [-0.15, -0.1) is 24.0 Å². The molecule has 2 rings (SSSR count). The highest BCUT2D eigenvalue weighted by Gasteiger charge is 2.17. The van der Waals surface area contributed by atoms with Gasteiger partial charge in [0.15, 0.2) is 5.96 Å². The van der Waals surface area contributed by atoms with Crippen molar-refractivity contribution in [1.29, 1.82) is 0 Å². The van der Waals surface area contributed by atoms with Crippen LogP contribution in [-0.2, 0) is 6.54 Å². The van der Waals surface area contributed by atoms with Crippen molar-refractivity contribution in [2.24, 2.45) is 16.6 Å². The van der Waals surface area contributed by atoms with E-state index in [4.69, 9.17) is 5.73 Å². The maximum Gasteiger partial charge on any atom is 0.191 e. The molecule has 5 heteroatoms. The molecule has 0 radical (unpaired) electrons. The molecule has 1 atom stereocenters. The molecule has 1 fully saturated rings. The normalized spacial score (nSPS) is 19.1. The van der Waals surface area contributed by atoms with Gasteiger partial charge in [-0.1, -0.05) is 19.1 Å². The van der Waals surface area contributed by atoms with Crippen LogP contribution < -0.4 is 10.6 Å². The van der Waals surface area contributed by atoms with Crippen molar-refractivity contribution >= 4 is 35.6 Å². The lowest BCUT2D eigenvalue weighted by atomic mass is 10.0. The van der Waals surface area contributed by atoms with Gasteiger partial charge in [-0.2, -0.15) is 0 Å². The van der Waals surface area contributed by atoms with Gasteiger partial charge in [-0.3, -0.25) is 0 Å². The Bertz CT molecular complexity index is 473. The van der Waals surface area contributed by atoms with Gasteiger partial charge in [0, 0.05) is 32.9 Å². The number of hydrogen-bond acceptors (Lipinski definition) is 2. The van der Waals surface area contributed by atoms with E-state index in [1.807, 2.05) is 14.1 Å². The number of piperidine rings is 1. The van der Waals surface area contributed by atoms with Gasteiger partial charge in [0.25, 0.3) is 0 Å². The minimum absolute atomic E-state index is 0. The summed E-state index contributed by atoms with van der Waals surface area (Å²) in [6.45, 7) is 5.00. The molecule has 1 heterocycles. The van der Waals surface area contributed by atoms with Gasteiger partial charge in [0.1, 0.15) is 0 Å². The van der Waals surface area contributed by atoms with Crippen LogP contribution in [0, 0.1) is 5.92 Å². The summed E-state index contributed by atoms with van der Waals surface area (Å²) < 4.78 is 0. The van der Waals surface area contributed by atoms with Crippen molar-refractivity contribution in [3.63, 3.8) is 0 Å². The van der Waals surface area contributed by atoms with Crippen molar-refractivity contribution in [3.8, 4) is 0 Å². The summed E-state index contributed by atoms with van der Waals surface area (Å²) in [6, 6.07) is 8.43. The number of anilines is 1. The van der Waals surface area contributed by atoms with E-state index < -0.39 is 0 Å². The average molecular weight is 402 g/mol. The van der Waals surface area contributed by atoms with E-state index in [1.54, 1.807) is 0 Å². The first-order chi connectivity index (χ1) is 9.56. The smallest absolute Gasteiger partial charge is 0.191 e. The third-order valence-electron chi connectivity index (χ3n) is 3.83. The Morgan fingerprint density at radius 3 is 2.86 bits per heavy atom. The molecule has 0 bridgehead atoms. The summed E-state index contributed by atoms with van der Waals surface area (Å²) in [5, 5.41) is 0. The van der Waals surface area contributed by atoms with Crippen LogP contribution in [0.1, 0.15) is 25.3 Å². The van der Waals surface area contributed by atoms with Gasteiger partial charge in [-0.25, -0.2) is 4.99 Å². The third kappa shape index (κ3) is 5.37. The van der Waals surface area contributed by atoms with Crippen LogP contribution in [0.2, 0.25) is 0 Å². The topological polar surface area (TPSA) is 44.9 Å². The Labute approximate surface area is 145 Å². The largest absolute Gasteiger partial charge is 0.378 e. The summed E-state index contributed by atoms with van der Waals surface area (Å²) in [6.07, 6.45) is 2.52. The fourth-order valence-electron chi connectivity index (χ4n) is 2.60. The standard InChI is InChI=1S/C16H26N4.HI/c1-13-6-5-9-20(12-13)16(17)18-11-14-7-4-8-15(10-14)19(2)3;/h4,7-8,10,13H,5-6,9,11-12H2,1-3H3,(H2,17,18);1H. The van der Waals surface area contributed by atoms with Crippen LogP contribution in [-0.4, -0.2) is 38.0 Å². The molecule has 4 nitrogen and oxygen atoms in total. The zero-order valence-corrected chi connectivity index (χ0v) is 15.6. The Kier molecular flexibility index (Phi) is 7.28. The van der Waals surface area contributed by atoms with Crippen molar-refractivity contribution < 1.29 is 0 Å². The summed E-state index contributed by atoms with van der Waals surface area (Å²) in [5.74, 6) is 1.40. The van der Waals surface area contributed by atoms with E-state index in [-0.39, 0.29) is 24.0 Å². The van der Waals surface area contributed by atoms with E-state index in [1.165, 1.54) is 24.1 Å². The number of hydrogen-bond donors (Lipinski definition) is 1. The lowest BCUT2D eigenvalue weighted by Crippen LogP contribution is -2.43. The van der Waals surface area contributed by atoms with E-state index >= 15 is 0 Å². The molecule has 0 amide bonds. The molecule has 0 saturated carbocycles. The molecule has 1 aromatic carbocycles. The summed E-state index contributed by atoms with van der Waals surface area (Å²) in [5.41, 5.74) is 8.52. The van der Waals surface area contributed by atoms with E-state index in [9.17, 15) is 0 Å². The lowest BCUT2D eigenvalue weighted by Gasteiger charge is -2.31. The lowest BCUT2D eigenvalue weighted by molar-refractivity contribution is 0.270. The van der Waals surface area contributed by atoms with Crippen molar-refractivity contribution in [3.05, 3.63) is 29.8 Å². The molecule has 1 saturated heterocycles. The van der Waals surface area contributed by atoms with E-state index in [0.29, 0.717) is 12.5 Å². The number of halogens is 1. The van der Waals surface area contributed by atoms with Gasteiger partial charge in [0.2, 0.25) is 0 Å². The zero-order valence-electron chi connectivity index (χ0n) is 13.2. The fourth-order valence-corrected chi connectivity index (χ4v) is 2.60. The Morgan fingerprint density at radius 2 is 2.19 bits per heavy atom. The fraction of sp³-hybridized carbons (Fsp3) is 0.562. The SMILES string of the molecule is CC1CCCN(C(N)=NCc2cccc(N(C)C)c2)C1.I. The van der Waals surface area contributed by atoms with E-state index in [2.05, 4.69) is 46.0 Å². The second-order valence-electron chi connectivity index (χ2n) is 5.93. The minimum Gasteiger partial charge on any atom is -0.378 e. The average Bonchev–Trinajstić information content (AvgIpc) is 2.45. The number of likely N-dealkylation sites (tertiary alicyclic amines) is 1. The molecule has 2 N–H and O–H groups in total. The van der Waals surface area contributed by atoms with E-state index in [0.717, 1.165) is 19.0 Å². The molecule has 1 aromatic rings. The minimum atomic E-state index is 0. The molecule has 0 spiro atoms. The predicted octanol–water partition coefficient (Wildman–Crippen LogP) is 2.92. The molecule has 0 aromatic heterocycles. The first-order valence-corrected chi connectivity index (χ1v) is 7.37. The molecule has 21 heavy (non-hydrogen) atoms. The summed E-state index contributed by atoms with van der Waals surface area (Å²) >= 11 is 0. The number of rotatable bonds is 3. The van der Waals surface area contributed by atoms with Crippen LogP contribution in [0.15, 0.2) is 29.3 Å².